The summed E-state index contributed by atoms with van der Waals surface area (Å²) in [6.45, 7) is 11.7. The monoisotopic (exact) mass is 380 g/mol. The highest BCUT2D eigenvalue weighted by molar-refractivity contribution is 6.06. The van der Waals surface area contributed by atoms with Gasteiger partial charge in [0.2, 0.25) is 0 Å². The first-order chi connectivity index (χ1) is 13.6. The van der Waals surface area contributed by atoms with Crippen LogP contribution in [0.1, 0.15) is 62.3 Å². The second kappa shape index (κ2) is 15.0. The van der Waals surface area contributed by atoms with E-state index in [-0.39, 0.29) is 11.8 Å². The van der Waals surface area contributed by atoms with Crippen molar-refractivity contribution in [2.75, 3.05) is 5.32 Å². The molecule has 0 aliphatic rings. The summed E-state index contributed by atoms with van der Waals surface area (Å²) in [5.74, 6) is -0.508. The lowest BCUT2D eigenvalue weighted by Gasteiger charge is -2.08. The summed E-state index contributed by atoms with van der Waals surface area (Å²) in [5, 5.41) is 5.61. The summed E-state index contributed by atoms with van der Waals surface area (Å²) in [5.41, 5.74) is 2.28. The molecule has 0 bridgehead atoms. The van der Waals surface area contributed by atoms with Gasteiger partial charge in [0.25, 0.3) is 11.8 Å². The second-order valence-corrected chi connectivity index (χ2v) is 5.10. The third-order valence-electron chi connectivity index (χ3n) is 3.33. The third kappa shape index (κ3) is 8.49. The molecule has 0 saturated carbocycles. The minimum Gasteiger partial charge on any atom is -0.322 e. The lowest BCUT2D eigenvalue weighted by molar-refractivity contribution is 0.0967. The Balaban J connectivity index is 0.00000171. The molecule has 2 rings (SSSR count). The number of carbonyl (C=O) groups is 2. The number of hydrogen-bond donors (Lipinski definition) is 2. The Hall–Kier alpha value is -3.14. The lowest BCUT2D eigenvalue weighted by Crippen LogP contribution is -2.22. The average molecular weight is 381 g/mol. The predicted octanol–water partition coefficient (Wildman–Crippen LogP) is 6.20. The summed E-state index contributed by atoms with van der Waals surface area (Å²) >= 11 is 0. The molecule has 2 N–H and O–H groups in total. The molecule has 0 radical (unpaired) electrons. The van der Waals surface area contributed by atoms with E-state index < -0.39 is 0 Å². The number of amides is 2. The summed E-state index contributed by atoms with van der Waals surface area (Å²) < 4.78 is 0. The number of para-hydroxylation sites is 1. The van der Waals surface area contributed by atoms with Gasteiger partial charge in [-0.2, -0.15) is 0 Å². The maximum absolute atomic E-state index is 12.3. The van der Waals surface area contributed by atoms with Gasteiger partial charge in [-0.1, -0.05) is 64.1 Å². The van der Waals surface area contributed by atoms with Crippen LogP contribution in [0, 0.1) is 0 Å². The van der Waals surface area contributed by atoms with E-state index in [1.54, 1.807) is 24.3 Å². The van der Waals surface area contributed by atoms with Crippen molar-refractivity contribution in [3.8, 4) is 0 Å². The molecule has 0 fully saturated rings. The van der Waals surface area contributed by atoms with Crippen LogP contribution in [0.4, 0.5) is 5.69 Å². The zero-order valence-corrected chi connectivity index (χ0v) is 17.7. The van der Waals surface area contributed by atoms with Gasteiger partial charge in [-0.25, -0.2) is 0 Å². The molecule has 0 aromatic heterocycles. The molecule has 4 nitrogen and oxygen atoms in total. The van der Waals surface area contributed by atoms with Crippen molar-refractivity contribution in [3.05, 3.63) is 89.6 Å². The molecular weight excluding hydrogens is 348 g/mol. The Bertz CT molecular complexity index is 778. The number of anilines is 1. The molecule has 2 amide bonds. The Labute approximate surface area is 169 Å². The second-order valence-electron chi connectivity index (χ2n) is 5.10. The zero-order valence-electron chi connectivity index (χ0n) is 17.7. The van der Waals surface area contributed by atoms with Crippen LogP contribution in [0.3, 0.4) is 0 Å². The van der Waals surface area contributed by atoms with Gasteiger partial charge in [-0.05, 0) is 50.3 Å². The number of rotatable bonds is 5. The maximum Gasteiger partial charge on any atom is 0.255 e. The van der Waals surface area contributed by atoms with E-state index in [1.165, 1.54) is 0 Å². The average Bonchev–Trinajstić information content (AvgIpc) is 2.77. The molecule has 0 atom stereocenters. The van der Waals surface area contributed by atoms with E-state index in [4.69, 9.17) is 0 Å². The molecule has 0 spiro atoms. The van der Waals surface area contributed by atoms with Crippen LogP contribution in [-0.4, -0.2) is 11.8 Å². The Morgan fingerprint density at radius 3 is 1.89 bits per heavy atom. The Morgan fingerprint density at radius 1 is 0.786 bits per heavy atom. The van der Waals surface area contributed by atoms with Crippen LogP contribution >= 0.6 is 0 Å². The van der Waals surface area contributed by atoms with Gasteiger partial charge < -0.3 is 10.6 Å². The van der Waals surface area contributed by atoms with Crippen molar-refractivity contribution < 1.29 is 9.59 Å². The maximum atomic E-state index is 12.3. The molecule has 0 heterocycles. The number of benzene rings is 2. The van der Waals surface area contributed by atoms with Crippen molar-refractivity contribution in [2.24, 2.45) is 0 Å². The first-order valence-corrected chi connectivity index (χ1v) is 9.71. The predicted molar refractivity (Wildman–Crippen MR) is 120 cm³/mol. The fourth-order valence-electron chi connectivity index (χ4n) is 2.12. The summed E-state index contributed by atoms with van der Waals surface area (Å²) in [4.78, 5) is 24.6. The van der Waals surface area contributed by atoms with Crippen molar-refractivity contribution in [2.45, 2.75) is 41.5 Å². The standard InChI is InChI=1S/C20H20N2O2.2C2H6/c1-3-9-17(4-2)21-19(23)15-10-8-11-16(14-15)20(24)22-18-12-6-5-7-13-18;2*1-2/h3-14H,1-2H3,(H,21,23)(H,22,24);2*1-2H3/b9-3-,17-4+;;. The summed E-state index contributed by atoms with van der Waals surface area (Å²) in [7, 11) is 0. The third-order valence-corrected chi connectivity index (χ3v) is 3.33. The van der Waals surface area contributed by atoms with Crippen LogP contribution in [0.2, 0.25) is 0 Å². The molecule has 4 heteroatoms. The zero-order chi connectivity index (χ0) is 21.4. The van der Waals surface area contributed by atoms with E-state index in [1.807, 2.05) is 90.1 Å². The minimum absolute atomic E-state index is 0.254. The van der Waals surface area contributed by atoms with Gasteiger partial charge in [-0.15, -0.1) is 0 Å². The highest BCUT2D eigenvalue weighted by Crippen LogP contribution is 2.11. The van der Waals surface area contributed by atoms with Gasteiger partial charge in [0, 0.05) is 22.5 Å². The first kappa shape index (κ1) is 24.9. The molecule has 0 aliphatic heterocycles. The molecule has 0 aliphatic carbocycles. The number of allylic oxidation sites excluding steroid dienone is 3. The summed E-state index contributed by atoms with van der Waals surface area (Å²) in [6.07, 6.45) is 5.47. The van der Waals surface area contributed by atoms with Crippen molar-refractivity contribution in [1.29, 1.82) is 0 Å². The quantitative estimate of drug-likeness (QED) is 0.607. The topological polar surface area (TPSA) is 58.2 Å². The van der Waals surface area contributed by atoms with Gasteiger partial charge in [0.1, 0.15) is 0 Å². The van der Waals surface area contributed by atoms with E-state index in [9.17, 15) is 9.59 Å². The van der Waals surface area contributed by atoms with Gasteiger partial charge >= 0.3 is 0 Å². The van der Waals surface area contributed by atoms with Crippen molar-refractivity contribution in [1.82, 2.24) is 5.32 Å². The van der Waals surface area contributed by atoms with E-state index in [2.05, 4.69) is 10.6 Å². The van der Waals surface area contributed by atoms with Crippen LogP contribution in [0.25, 0.3) is 0 Å². The molecular formula is C24H32N2O2. The minimum atomic E-state index is -0.254. The highest BCUT2D eigenvalue weighted by atomic mass is 16.2. The smallest absolute Gasteiger partial charge is 0.255 e. The normalized spacial score (nSPS) is 10.1. The van der Waals surface area contributed by atoms with Crippen molar-refractivity contribution >= 4 is 17.5 Å². The van der Waals surface area contributed by atoms with Crippen LogP contribution in [-0.2, 0) is 0 Å². The largest absolute Gasteiger partial charge is 0.322 e. The first-order valence-electron chi connectivity index (χ1n) is 9.71. The number of carbonyl (C=O) groups excluding carboxylic acids is 2. The Morgan fingerprint density at radius 2 is 1.36 bits per heavy atom. The lowest BCUT2D eigenvalue weighted by atomic mass is 10.1. The van der Waals surface area contributed by atoms with Crippen molar-refractivity contribution in [3.63, 3.8) is 0 Å². The number of hydrogen-bond acceptors (Lipinski definition) is 2. The van der Waals surface area contributed by atoms with Crippen LogP contribution < -0.4 is 10.6 Å². The van der Waals surface area contributed by atoms with E-state index in [0.717, 1.165) is 0 Å². The molecule has 0 unspecified atom stereocenters. The molecule has 0 saturated heterocycles. The highest BCUT2D eigenvalue weighted by Gasteiger charge is 2.11. The fraction of sp³-hybridized carbons (Fsp3) is 0.250. The molecule has 28 heavy (non-hydrogen) atoms. The van der Waals surface area contributed by atoms with Gasteiger partial charge in [-0.3, -0.25) is 9.59 Å². The molecule has 2 aromatic rings. The van der Waals surface area contributed by atoms with Crippen LogP contribution in [0.5, 0.6) is 0 Å². The van der Waals surface area contributed by atoms with E-state index >= 15 is 0 Å². The number of nitrogens with one attached hydrogen (secondary N) is 2. The van der Waals surface area contributed by atoms with Crippen LogP contribution in [0.15, 0.2) is 78.5 Å². The van der Waals surface area contributed by atoms with E-state index in [0.29, 0.717) is 22.5 Å². The molecule has 2 aromatic carbocycles. The Kier molecular flexibility index (Phi) is 13.3. The fourth-order valence-corrected chi connectivity index (χ4v) is 2.12. The summed E-state index contributed by atoms with van der Waals surface area (Å²) in [6, 6.07) is 15.8. The SMILES string of the molecule is C/C=C\C(=C/C)NC(=O)c1cccc(C(=O)Nc2ccccc2)c1.CC.CC. The van der Waals surface area contributed by atoms with Gasteiger partial charge in [0.15, 0.2) is 0 Å². The van der Waals surface area contributed by atoms with Gasteiger partial charge in [0.05, 0.1) is 0 Å². The molecule has 150 valence electrons.